The predicted molar refractivity (Wildman–Crippen MR) is 92.8 cm³/mol. The number of nitrogens with zero attached hydrogens (tertiary/aromatic N) is 2. The van der Waals surface area contributed by atoms with Crippen molar-refractivity contribution in [3.05, 3.63) is 71.8 Å². The van der Waals surface area contributed by atoms with Crippen LogP contribution >= 0.6 is 0 Å². The van der Waals surface area contributed by atoms with Gasteiger partial charge >= 0.3 is 0 Å². The molecule has 0 saturated carbocycles. The lowest BCUT2D eigenvalue weighted by molar-refractivity contribution is -0.131. The lowest BCUT2D eigenvalue weighted by Crippen LogP contribution is -2.38. The van der Waals surface area contributed by atoms with Crippen molar-refractivity contribution in [2.45, 2.75) is 25.9 Å². The van der Waals surface area contributed by atoms with Crippen LogP contribution in [0.3, 0.4) is 0 Å². The van der Waals surface area contributed by atoms with Crippen LogP contribution in [0.2, 0.25) is 0 Å². The maximum absolute atomic E-state index is 12.5. The minimum Gasteiger partial charge on any atom is -0.342 e. The Morgan fingerprint density at radius 2 is 1.30 bits per heavy atom. The number of amides is 1. The van der Waals surface area contributed by atoms with E-state index in [1.807, 2.05) is 17.0 Å². The first kappa shape index (κ1) is 15.8. The van der Waals surface area contributed by atoms with Gasteiger partial charge in [0.2, 0.25) is 5.91 Å². The Kier molecular flexibility index (Phi) is 5.43. The van der Waals surface area contributed by atoms with Crippen LogP contribution in [0, 0.1) is 0 Å². The van der Waals surface area contributed by atoms with Crippen molar-refractivity contribution in [1.82, 2.24) is 9.80 Å². The van der Waals surface area contributed by atoms with Gasteiger partial charge in [-0.1, -0.05) is 60.7 Å². The van der Waals surface area contributed by atoms with E-state index >= 15 is 0 Å². The third kappa shape index (κ3) is 4.67. The maximum Gasteiger partial charge on any atom is 0.236 e. The molecule has 120 valence electrons. The van der Waals surface area contributed by atoms with E-state index < -0.39 is 0 Å². The molecule has 0 atom stereocenters. The Morgan fingerprint density at radius 1 is 0.826 bits per heavy atom. The van der Waals surface area contributed by atoms with Crippen LogP contribution in [0.15, 0.2) is 60.7 Å². The number of carbonyl (C=O) groups is 1. The Morgan fingerprint density at radius 3 is 1.78 bits per heavy atom. The molecule has 1 aliphatic rings. The van der Waals surface area contributed by atoms with E-state index in [1.165, 1.54) is 11.1 Å². The van der Waals surface area contributed by atoms with Gasteiger partial charge in [-0.3, -0.25) is 9.69 Å². The highest BCUT2D eigenvalue weighted by Crippen LogP contribution is 2.13. The maximum atomic E-state index is 12.5. The second-order valence-corrected chi connectivity index (χ2v) is 6.20. The largest absolute Gasteiger partial charge is 0.342 e. The van der Waals surface area contributed by atoms with Crippen LogP contribution < -0.4 is 0 Å². The van der Waals surface area contributed by atoms with E-state index in [-0.39, 0.29) is 5.91 Å². The lowest BCUT2D eigenvalue weighted by Gasteiger charge is -2.25. The molecule has 23 heavy (non-hydrogen) atoms. The zero-order chi connectivity index (χ0) is 15.9. The first-order valence-electron chi connectivity index (χ1n) is 8.39. The van der Waals surface area contributed by atoms with Gasteiger partial charge in [0.1, 0.15) is 0 Å². The molecule has 3 nitrogen and oxygen atoms in total. The summed E-state index contributed by atoms with van der Waals surface area (Å²) < 4.78 is 0. The van der Waals surface area contributed by atoms with E-state index in [9.17, 15) is 4.79 Å². The molecule has 1 amide bonds. The number of benzene rings is 2. The van der Waals surface area contributed by atoms with Gasteiger partial charge in [0, 0.05) is 26.2 Å². The topological polar surface area (TPSA) is 23.6 Å². The first-order valence-corrected chi connectivity index (χ1v) is 8.39. The van der Waals surface area contributed by atoms with Crippen molar-refractivity contribution in [3.63, 3.8) is 0 Å². The fourth-order valence-corrected chi connectivity index (χ4v) is 3.11. The van der Waals surface area contributed by atoms with Crippen molar-refractivity contribution >= 4 is 5.91 Å². The van der Waals surface area contributed by atoms with Gasteiger partial charge in [-0.05, 0) is 24.0 Å². The van der Waals surface area contributed by atoms with Gasteiger partial charge in [-0.15, -0.1) is 0 Å². The van der Waals surface area contributed by atoms with E-state index in [2.05, 4.69) is 53.4 Å². The van der Waals surface area contributed by atoms with Crippen molar-refractivity contribution in [3.8, 4) is 0 Å². The van der Waals surface area contributed by atoms with Gasteiger partial charge in [0.05, 0.1) is 6.54 Å². The van der Waals surface area contributed by atoms with Gasteiger partial charge in [-0.25, -0.2) is 0 Å². The molecule has 0 N–H and O–H groups in total. The minimum atomic E-state index is 0.259. The molecule has 0 aromatic heterocycles. The summed E-state index contributed by atoms with van der Waals surface area (Å²) >= 11 is 0. The molecule has 3 rings (SSSR count). The molecule has 1 aliphatic heterocycles. The van der Waals surface area contributed by atoms with Crippen molar-refractivity contribution in [2.75, 3.05) is 19.6 Å². The molecule has 0 bridgehead atoms. The van der Waals surface area contributed by atoms with E-state index in [4.69, 9.17) is 0 Å². The van der Waals surface area contributed by atoms with Crippen molar-refractivity contribution in [1.29, 1.82) is 0 Å². The fourth-order valence-electron chi connectivity index (χ4n) is 3.11. The van der Waals surface area contributed by atoms with Crippen LogP contribution in [-0.4, -0.2) is 35.3 Å². The summed E-state index contributed by atoms with van der Waals surface area (Å²) in [4.78, 5) is 16.8. The summed E-state index contributed by atoms with van der Waals surface area (Å²) in [6, 6.07) is 20.8. The quantitative estimate of drug-likeness (QED) is 0.817. The molecule has 3 heteroatoms. The highest BCUT2D eigenvalue weighted by Gasteiger charge is 2.20. The van der Waals surface area contributed by atoms with Gasteiger partial charge in [0.15, 0.2) is 0 Å². The summed E-state index contributed by atoms with van der Waals surface area (Å²) in [6.07, 6.45) is 2.28. The molecular formula is C20H24N2O. The second-order valence-electron chi connectivity index (χ2n) is 6.20. The fraction of sp³-hybridized carbons (Fsp3) is 0.350. The van der Waals surface area contributed by atoms with E-state index in [0.29, 0.717) is 6.54 Å². The average molecular weight is 308 g/mol. The zero-order valence-corrected chi connectivity index (χ0v) is 13.5. The summed E-state index contributed by atoms with van der Waals surface area (Å²) in [7, 11) is 0. The van der Waals surface area contributed by atoms with E-state index in [1.54, 1.807) is 0 Å². The summed E-state index contributed by atoms with van der Waals surface area (Å²) in [5.41, 5.74) is 2.50. The molecule has 2 aromatic rings. The van der Waals surface area contributed by atoms with Gasteiger partial charge < -0.3 is 4.90 Å². The Balaban J connectivity index is 1.68. The predicted octanol–water partition coefficient (Wildman–Crippen LogP) is 3.31. The molecule has 1 heterocycles. The monoisotopic (exact) mass is 308 g/mol. The molecule has 0 radical (unpaired) electrons. The molecule has 1 fully saturated rings. The highest BCUT2D eigenvalue weighted by molar-refractivity contribution is 5.78. The van der Waals surface area contributed by atoms with Crippen molar-refractivity contribution in [2.24, 2.45) is 0 Å². The number of rotatable bonds is 6. The molecule has 0 spiro atoms. The van der Waals surface area contributed by atoms with Crippen LogP contribution in [0.5, 0.6) is 0 Å². The normalized spacial score (nSPS) is 14.4. The summed E-state index contributed by atoms with van der Waals surface area (Å²) in [5, 5.41) is 0. The standard InChI is InChI=1S/C20H24N2O/c23-20(22-13-7-8-14-22)17-21(15-18-9-3-1-4-10-18)16-19-11-5-2-6-12-19/h1-6,9-12H,7-8,13-17H2. The Labute approximate surface area is 138 Å². The molecular weight excluding hydrogens is 284 g/mol. The smallest absolute Gasteiger partial charge is 0.236 e. The van der Waals surface area contributed by atoms with Crippen LogP contribution in [-0.2, 0) is 17.9 Å². The van der Waals surface area contributed by atoms with E-state index in [0.717, 1.165) is 39.0 Å². The van der Waals surface area contributed by atoms with Crippen LogP contribution in [0.4, 0.5) is 0 Å². The lowest BCUT2D eigenvalue weighted by atomic mass is 10.1. The molecule has 2 aromatic carbocycles. The minimum absolute atomic E-state index is 0.259. The number of hydrogen-bond acceptors (Lipinski definition) is 2. The summed E-state index contributed by atoms with van der Waals surface area (Å²) in [5.74, 6) is 0.259. The highest BCUT2D eigenvalue weighted by atomic mass is 16.2. The summed E-state index contributed by atoms with van der Waals surface area (Å²) in [6.45, 7) is 3.93. The zero-order valence-electron chi connectivity index (χ0n) is 13.5. The van der Waals surface area contributed by atoms with Crippen LogP contribution in [0.25, 0.3) is 0 Å². The molecule has 0 unspecified atom stereocenters. The third-order valence-electron chi connectivity index (χ3n) is 4.32. The third-order valence-corrected chi connectivity index (χ3v) is 4.32. The van der Waals surface area contributed by atoms with Gasteiger partial charge in [-0.2, -0.15) is 0 Å². The molecule has 0 aliphatic carbocycles. The van der Waals surface area contributed by atoms with Crippen LogP contribution in [0.1, 0.15) is 24.0 Å². The SMILES string of the molecule is O=C(CN(Cc1ccccc1)Cc1ccccc1)N1CCCC1. The Bertz CT molecular complexity index is 565. The number of hydrogen-bond donors (Lipinski definition) is 0. The number of carbonyl (C=O) groups excluding carboxylic acids is 1. The Hall–Kier alpha value is -2.13. The van der Waals surface area contributed by atoms with Crippen molar-refractivity contribution < 1.29 is 4.79 Å². The molecule has 1 saturated heterocycles. The average Bonchev–Trinajstić information content (AvgIpc) is 3.11. The van der Waals surface area contributed by atoms with Gasteiger partial charge in [0.25, 0.3) is 0 Å². The first-order chi connectivity index (χ1) is 11.3. The number of likely N-dealkylation sites (tertiary alicyclic amines) is 1. The second kappa shape index (κ2) is 7.93.